The lowest BCUT2D eigenvalue weighted by atomic mass is 10.1. The van der Waals surface area contributed by atoms with Gasteiger partial charge in [0.1, 0.15) is 17.0 Å². The third-order valence-electron chi connectivity index (χ3n) is 5.28. The van der Waals surface area contributed by atoms with Gasteiger partial charge in [0.25, 0.3) is 0 Å². The second kappa shape index (κ2) is 6.09. The number of nitrogens with zero attached hydrogens (tertiary/aromatic N) is 4. The monoisotopic (exact) mass is 357 g/mol. The lowest BCUT2D eigenvalue weighted by Crippen LogP contribution is -2.27. The lowest BCUT2D eigenvalue weighted by molar-refractivity contribution is -0.125. The van der Waals surface area contributed by atoms with Crippen molar-refractivity contribution < 1.29 is 4.79 Å². The molecule has 1 aliphatic heterocycles. The molecule has 1 unspecified atom stereocenters. The zero-order valence-corrected chi connectivity index (χ0v) is 14.8. The lowest BCUT2D eigenvalue weighted by Gasteiger charge is -2.18. The van der Waals surface area contributed by atoms with E-state index in [9.17, 15) is 4.79 Å². The van der Waals surface area contributed by atoms with E-state index in [0.717, 1.165) is 46.4 Å². The fourth-order valence-electron chi connectivity index (χ4n) is 4.02. The van der Waals surface area contributed by atoms with Gasteiger partial charge in [0.05, 0.1) is 17.8 Å². The molecule has 0 radical (unpaired) electrons. The molecule has 1 aliphatic rings. The summed E-state index contributed by atoms with van der Waals surface area (Å²) >= 11 is 0. The van der Waals surface area contributed by atoms with Crippen molar-refractivity contribution in [1.29, 1.82) is 0 Å². The van der Waals surface area contributed by atoms with Crippen LogP contribution in [0, 0.1) is 0 Å². The van der Waals surface area contributed by atoms with Gasteiger partial charge in [0.15, 0.2) is 0 Å². The number of amides is 1. The van der Waals surface area contributed by atoms with Crippen LogP contribution in [0.3, 0.4) is 0 Å². The molecular weight excluding hydrogens is 338 g/mol. The number of aromatic nitrogens is 4. The second-order valence-corrected chi connectivity index (χ2v) is 6.83. The molecule has 1 fully saturated rings. The summed E-state index contributed by atoms with van der Waals surface area (Å²) in [7, 11) is 0. The third-order valence-corrected chi connectivity index (χ3v) is 5.28. The van der Waals surface area contributed by atoms with Gasteiger partial charge in [-0.25, -0.2) is 9.97 Å². The highest BCUT2D eigenvalue weighted by atomic mass is 16.2. The van der Waals surface area contributed by atoms with Gasteiger partial charge in [-0.2, -0.15) is 0 Å². The maximum atomic E-state index is 12.1. The van der Waals surface area contributed by atoms with Crippen LogP contribution in [0.2, 0.25) is 0 Å². The van der Waals surface area contributed by atoms with Crippen molar-refractivity contribution in [2.75, 3.05) is 13.1 Å². The van der Waals surface area contributed by atoms with Crippen molar-refractivity contribution in [1.82, 2.24) is 24.4 Å². The topological polar surface area (TPSA) is 66.8 Å². The highest BCUT2D eigenvalue weighted by molar-refractivity contribution is 6.02. The molecule has 1 amide bonds. The van der Waals surface area contributed by atoms with Gasteiger partial charge in [-0.05, 0) is 18.6 Å². The number of fused-ring (bicyclic) bond motifs is 3. The number of benzene rings is 1. The summed E-state index contributed by atoms with van der Waals surface area (Å²) in [4.78, 5) is 26.5. The smallest absolute Gasteiger partial charge is 0.246 e. The first-order valence-corrected chi connectivity index (χ1v) is 9.07. The quantitative estimate of drug-likeness (QED) is 0.570. The van der Waals surface area contributed by atoms with Gasteiger partial charge >= 0.3 is 0 Å². The second-order valence-electron chi connectivity index (χ2n) is 6.83. The van der Waals surface area contributed by atoms with Crippen molar-refractivity contribution in [2.45, 2.75) is 12.5 Å². The maximum absolute atomic E-state index is 12.1. The fraction of sp³-hybridized carbons (Fsp3) is 0.190. The molecule has 1 aromatic carbocycles. The molecule has 4 aromatic rings. The molecular formula is C21H19N5O. The molecule has 0 bridgehead atoms. The predicted molar refractivity (Wildman–Crippen MR) is 105 cm³/mol. The predicted octanol–water partition coefficient (Wildman–Crippen LogP) is 3.54. The minimum atomic E-state index is -0.0170. The summed E-state index contributed by atoms with van der Waals surface area (Å²) in [5.41, 5.74) is 3.85. The highest BCUT2D eigenvalue weighted by Crippen LogP contribution is 2.35. The Labute approximate surface area is 156 Å². The summed E-state index contributed by atoms with van der Waals surface area (Å²) in [5.74, 6) is 0.899. The van der Waals surface area contributed by atoms with Crippen LogP contribution < -0.4 is 0 Å². The van der Waals surface area contributed by atoms with E-state index in [1.165, 1.54) is 6.08 Å². The van der Waals surface area contributed by atoms with Crippen LogP contribution in [0.5, 0.6) is 0 Å². The first kappa shape index (κ1) is 15.8. The highest BCUT2D eigenvalue weighted by Gasteiger charge is 2.30. The minimum absolute atomic E-state index is 0.0170. The Balaban J connectivity index is 1.74. The number of pyridine rings is 1. The van der Waals surface area contributed by atoms with Crippen molar-refractivity contribution in [3.8, 4) is 11.4 Å². The number of H-pyrrole nitrogens is 1. The first-order chi connectivity index (χ1) is 13.3. The zero-order valence-electron chi connectivity index (χ0n) is 14.8. The number of rotatable bonds is 3. The molecule has 27 heavy (non-hydrogen) atoms. The number of hydrogen-bond acceptors (Lipinski definition) is 3. The first-order valence-electron chi connectivity index (χ1n) is 9.07. The van der Waals surface area contributed by atoms with Gasteiger partial charge in [-0.3, -0.25) is 4.79 Å². The van der Waals surface area contributed by atoms with Crippen molar-refractivity contribution >= 4 is 28.0 Å². The van der Waals surface area contributed by atoms with E-state index >= 15 is 0 Å². The average Bonchev–Trinajstić information content (AvgIpc) is 3.43. The van der Waals surface area contributed by atoms with Gasteiger partial charge < -0.3 is 14.5 Å². The van der Waals surface area contributed by atoms with Crippen LogP contribution >= 0.6 is 0 Å². The Hall–Kier alpha value is -3.41. The normalized spacial score (nSPS) is 17.0. The molecule has 1 atom stereocenters. The summed E-state index contributed by atoms with van der Waals surface area (Å²) in [6.07, 6.45) is 6.00. The van der Waals surface area contributed by atoms with Gasteiger partial charge in [0, 0.05) is 30.2 Å². The van der Waals surface area contributed by atoms with Gasteiger partial charge in [0.2, 0.25) is 5.91 Å². The van der Waals surface area contributed by atoms with Crippen molar-refractivity contribution in [3.05, 3.63) is 61.4 Å². The molecule has 4 heterocycles. The summed E-state index contributed by atoms with van der Waals surface area (Å²) < 4.78 is 2.29. The minimum Gasteiger partial charge on any atom is -0.346 e. The number of likely N-dealkylation sites (tertiary alicyclic amines) is 1. The molecule has 1 saturated heterocycles. The Morgan fingerprint density at radius 3 is 2.93 bits per heavy atom. The van der Waals surface area contributed by atoms with Crippen molar-refractivity contribution in [3.63, 3.8) is 0 Å². The molecule has 0 saturated carbocycles. The van der Waals surface area contributed by atoms with Crippen LogP contribution in [-0.4, -0.2) is 43.4 Å². The molecule has 3 aromatic heterocycles. The van der Waals surface area contributed by atoms with E-state index in [1.54, 1.807) is 0 Å². The number of nitrogens with one attached hydrogen (secondary N) is 1. The van der Waals surface area contributed by atoms with Crippen LogP contribution in [0.1, 0.15) is 12.5 Å². The standard InChI is InChI=1S/C21H19N5O/c1-2-18(27)25-11-9-15(13-25)26-19-16-8-10-22-20(16)23-12-17(19)24-21(26)14-6-4-3-5-7-14/h2-8,10,12,15H,1,9,11,13H2,(H,22,23). The molecule has 6 nitrogen and oxygen atoms in total. The number of imidazole rings is 1. The van der Waals surface area contributed by atoms with E-state index in [2.05, 4.69) is 33.2 Å². The van der Waals surface area contributed by atoms with E-state index in [0.29, 0.717) is 6.54 Å². The van der Waals surface area contributed by atoms with E-state index in [4.69, 9.17) is 4.98 Å². The van der Waals surface area contributed by atoms with Gasteiger partial charge in [-0.15, -0.1) is 0 Å². The third kappa shape index (κ3) is 2.44. The molecule has 5 rings (SSSR count). The van der Waals surface area contributed by atoms with Crippen LogP contribution in [-0.2, 0) is 4.79 Å². The number of carbonyl (C=O) groups is 1. The number of aromatic amines is 1. The fourth-order valence-corrected chi connectivity index (χ4v) is 4.02. The Kier molecular flexibility index (Phi) is 3.57. The van der Waals surface area contributed by atoms with Crippen molar-refractivity contribution in [2.24, 2.45) is 0 Å². The summed E-state index contributed by atoms with van der Waals surface area (Å²) in [6, 6.07) is 12.4. The Morgan fingerprint density at radius 1 is 1.26 bits per heavy atom. The van der Waals surface area contributed by atoms with Gasteiger partial charge in [-0.1, -0.05) is 36.9 Å². The number of carbonyl (C=O) groups excluding carboxylic acids is 1. The van der Waals surface area contributed by atoms with E-state index in [-0.39, 0.29) is 11.9 Å². The Bertz CT molecular complexity index is 1160. The summed E-state index contributed by atoms with van der Waals surface area (Å²) in [6.45, 7) is 5.00. The molecule has 1 N–H and O–H groups in total. The molecule has 134 valence electrons. The largest absolute Gasteiger partial charge is 0.346 e. The molecule has 0 spiro atoms. The molecule has 6 heteroatoms. The Morgan fingerprint density at radius 2 is 2.11 bits per heavy atom. The number of hydrogen-bond donors (Lipinski definition) is 1. The van der Waals surface area contributed by atoms with E-state index < -0.39 is 0 Å². The average molecular weight is 357 g/mol. The molecule has 0 aliphatic carbocycles. The van der Waals surface area contributed by atoms with Crippen LogP contribution in [0.4, 0.5) is 0 Å². The zero-order chi connectivity index (χ0) is 18.4. The van der Waals surface area contributed by atoms with E-state index in [1.807, 2.05) is 41.6 Å². The van der Waals surface area contributed by atoms with Crippen LogP contribution in [0.15, 0.2) is 61.4 Å². The summed E-state index contributed by atoms with van der Waals surface area (Å²) in [5, 5.41) is 1.05. The SMILES string of the molecule is C=CC(=O)N1CCC(n2c(-c3ccccc3)nc3cnc4[nH]ccc4c32)C1. The van der Waals surface area contributed by atoms with Crippen LogP contribution in [0.25, 0.3) is 33.5 Å². The maximum Gasteiger partial charge on any atom is 0.246 e.